The number of hydrogen-bond acceptors (Lipinski definition) is 6. The van der Waals surface area contributed by atoms with Crippen molar-refractivity contribution in [1.82, 2.24) is 4.98 Å². The molecule has 1 saturated heterocycles. The first kappa shape index (κ1) is 20.9. The summed E-state index contributed by atoms with van der Waals surface area (Å²) < 4.78 is 5.17. The Labute approximate surface area is 184 Å². The summed E-state index contributed by atoms with van der Waals surface area (Å²) in [5.41, 5.74) is 8.50. The van der Waals surface area contributed by atoms with Gasteiger partial charge in [-0.05, 0) is 61.4 Å². The van der Waals surface area contributed by atoms with Crippen LogP contribution in [0.2, 0.25) is 0 Å². The Morgan fingerprint density at radius 1 is 1.10 bits per heavy atom. The monoisotopic (exact) mass is 436 g/mol. The number of methoxy groups -OCH3 is 1. The molecule has 0 saturated carbocycles. The lowest BCUT2D eigenvalue weighted by Gasteiger charge is -2.32. The highest BCUT2D eigenvalue weighted by atomic mass is 32.1. The number of nitrogens with one attached hydrogen (secondary N) is 1. The van der Waals surface area contributed by atoms with Gasteiger partial charge in [-0.3, -0.25) is 9.59 Å². The number of thiazole rings is 1. The van der Waals surface area contributed by atoms with E-state index in [2.05, 4.69) is 15.2 Å². The second kappa shape index (κ2) is 9.18. The lowest BCUT2D eigenvalue weighted by atomic mass is 9.96. The van der Waals surface area contributed by atoms with Crippen molar-refractivity contribution in [2.75, 3.05) is 30.4 Å². The number of carbonyl (C=O) groups is 2. The van der Waals surface area contributed by atoms with Crippen LogP contribution >= 0.6 is 11.3 Å². The summed E-state index contributed by atoms with van der Waals surface area (Å²) in [7, 11) is 1.62. The fourth-order valence-electron chi connectivity index (χ4n) is 3.62. The predicted molar refractivity (Wildman–Crippen MR) is 123 cm³/mol. The minimum Gasteiger partial charge on any atom is -0.497 e. The molecule has 1 fully saturated rings. The van der Waals surface area contributed by atoms with E-state index in [0.717, 1.165) is 47.9 Å². The highest BCUT2D eigenvalue weighted by Crippen LogP contribution is 2.27. The van der Waals surface area contributed by atoms with Crippen LogP contribution in [0.4, 0.5) is 11.4 Å². The van der Waals surface area contributed by atoms with E-state index >= 15 is 0 Å². The van der Waals surface area contributed by atoms with Crippen molar-refractivity contribution in [3.05, 3.63) is 59.6 Å². The SMILES string of the molecule is COc1ccc(-c2nc(C(=O)Nc3ccc(N4CCC(C(N)=O)CC4)cc3)cs2)cc1. The Morgan fingerprint density at radius 2 is 1.77 bits per heavy atom. The summed E-state index contributed by atoms with van der Waals surface area (Å²) in [4.78, 5) is 30.6. The third-order valence-corrected chi connectivity index (χ3v) is 6.35. The zero-order valence-corrected chi connectivity index (χ0v) is 18.0. The minimum atomic E-state index is -0.244. The van der Waals surface area contributed by atoms with Crippen LogP contribution in [0.1, 0.15) is 23.3 Å². The van der Waals surface area contributed by atoms with Crippen molar-refractivity contribution in [1.29, 1.82) is 0 Å². The number of rotatable bonds is 6. The largest absolute Gasteiger partial charge is 0.497 e. The number of primary amides is 1. The molecular weight excluding hydrogens is 412 g/mol. The van der Waals surface area contributed by atoms with Crippen LogP contribution in [-0.4, -0.2) is 37.0 Å². The second-order valence-corrected chi connectivity index (χ2v) is 8.29. The molecular formula is C23H24N4O3S. The molecule has 7 nitrogen and oxygen atoms in total. The molecule has 3 aromatic rings. The van der Waals surface area contributed by atoms with E-state index in [9.17, 15) is 9.59 Å². The van der Waals surface area contributed by atoms with Gasteiger partial charge >= 0.3 is 0 Å². The smallest absolute Gasteiger partial charge is 0.275 e. The van der Waals surface area contributed by atoms with Gasteiger partial charge < -0.3 is 20.7 Å². The molecule has 2 heterocycles. The van der Waals surface area contributed by atoms with E-state index in [0.29, 0.717) is 11.4 Å². The molecule has 1 aliphatic rings. The summed E-state index contributed by atoms with van der Waals surface area (Å²) in [5.74, 6) is 0.288. The molecule has 3 N–H and O–H groups in total. The molecule has 1 aliphatic heterocycles. The van der Waals surface area contributed by atoms with Crippen molar-refractivity contribution in [3.8, 4) is 16.3 Å². The molecule has 8 heteroatoms. The Morgan fingerprint density at radius 3 is 2.39 bits per heavy atom. The molecule has 2 amide bonds. The number of nitrogens with two attached hydrogens (primary N) is 1. The van der Waals surface area contributed by atoms with Gasteiger partial charge in [0.05, 0.1) is 7.11 Å². The average molecular weight is 437 g/mol. The highest BCUT2D eigenvalue weighted by Gasteiger charge is 2.23. The maximum Gasteiger partial charge on any atom is 0.275 e. The van der Waals surface area contributed by atoms with Crippen molar-refractivity contribution < 1.29 is 14.3 Å². The van der Waals surface area contributed by atoms with Gasteiger partial charge in [0.1, 0.15) is 16.5 Å². The summed E-state index contributed by atoms with van der Waals surface area (Å²) in [6.07, 6.45) is 1.54. The third-order valence-electron chi connectivity index (χ3n) is 5.46. The van der Waals surface area contributed by atoms with Gasteiger partial charge in [0, 0.05) is 41.3 Å². The fraction of sp³-hybridized carbons (Fsp3) is 0.261. The lowest BCUT2D eigenvalue weighted by molar-refractivity contribution is -0.122. The normalized spacial score (nSPS) is 14.3. The first-order valence-electron chi connectivity index (χ1n) is 10.1. The van der Waals surface area contributed by atoms with E-state index in [-0.39, 0.29) is 17.7 Å². The number of carbonyl (C=O) groups excluding carboxylic acids is 2. The Balaban J connectivity index is 1.37. The maximum atomic E-state index is 12.6. The predicted octanol–water partition coefficient (Wildman–Crippen LogP) is 3.77. The molecule has 0 bridgehead atoms. The van der Waals surface area contributed by atoms with Crippen LogP contribution in [-0.2, 0) is 4.79 Å². The maximum absolute atomic E-state index is 12.6. The highest BCUT2D eigenvalue weighted by molar-refractivity contribution is 7.13. The fourth-order valence-corrected chi connectivity index (χ4v) is 4.42. The molecule has 1 aromatic heterocycles. The Bertz CT molecular complexity index is 1060. The van der Waals surface area contributed by atoms with Crippen molar-refractivity contribution in [3.63, 3.8) is 0 Å². The quantitative estimate of drug-likeness (QED) is 0.613. The number of amides is 2. The van der Waals surface area contributed by atoms with Gasteiger partial charge in [-0.2, -0.15) is 0 Å². The molecule has 0 atom stereocenters. The van der Waals surface area contributed by atoms with Crippen LogP contribution in [0.5, 0.6) is 5.75 Å². The molecule has 4 rings (SSSR count). The van der Waals surface area contributed by atoms with E-state index in [4.69, 9.17) is 10.5 Å². The Hall–Kier alpha value is -3.39. The molecule has 160 valence electrons. The molecule has 2 aromatic carbocycles. The van der Waals surface area contributed by atoms with E-state index < -0.39 is 0 Å². The third kappa shape index (κ3) is 4.86. The number of anilines is 2. The zero-order chi connectivity index (χ0) is 21.8. The number of piperidine rings is 1. The van der Waals surface area contributed by atoms with Gasteiger partial charge in [0.15, 0.2) is 0 Å². The zero-order valence-electron chi connectivity index (χ0n) is 17.2. The molecule has 0 spiro atoms. The molecule has 0 radical (unpaired) electrons. The first-order valence-corrected chi connectivity index (χ1v) is 11.0. The first-order chi connectivity index (χ1) is 15.0. The van der Waals surface area contributed by atoms with Crippen LogP contribution in [0, 0.1) is 5.92 Å². The van der Waals surface area contributed by atoms with Crippen LogP contribution in [0.25, 0.3) is 10.6 Å². The second-order valence-electron chi connectivity index (χ2n) is 7.43. The van der Waals surface area contributed by atoms with Gasteiger partial charge in [-0.15, -0.1) is 11.3 Å². The van der Waals surface area contributed by atoms with Gasteiger partial charge in [0.25, 0.3) is 5.91 Å². The minimum absolute atomic E-state index is 0.0317. The Kier molecular flexibility index (Phi) is 6.18. The number of aromatic nitrogens is 1. The number of ether oxygens (including phenoxy) is 1. The molecule has 0 aliphatic carbocycles. The number of hydrogen-bond donors (Lipinski definition) is 2. The van der Waals surface area contributed by atoms with Gasteiger partial charge in [-0.1, -0.05) is 0 Å². The molecule has 0 unspecified atom stereocenters. The van der Waals surface area contributed by atoms with Crippen LogP contribution in [0.15, 0.2) is 53.9 Å². The van der Waals surface area contributed by atoms with Crippen molar-refractivity contribution in [2.24, 2.45) is 11.7 Å². The summed E-state index contributed by atoms with van der Waals surface area (Å²) in [6.45, 7) is 1.60. The number of nitrogens with zero attached hydrogens (tertiary/aromatic N) is 2. The van der Waals surface area contributed by atoms with Crippen LogP contribution < -0.4 is 20.7 Å². The van der Waals surface area contributed by atoms with E-state index in [1.54, 1.807) is 12.5 Å². The summed E-state index contributed by atoms with van der Waals surface area (Å²) >= 11 is 1.43. The van der Waals surface area contributed by atoms with Crippen LogP contribution in [0.3, 0.4) is 0 Å². The topological polar surface area (TPSA) is 97.6 Å². The van der Waals surface area contributed by atoms with Crippen molar-refractivity contribution in [2.45, 2.75) is 12.8 Å². The van der Waals surface area contributed by atoms with Gasteiger partial charge in [0.2, 0.25) is 5.91 Å². The average Bonchev–Trinajstić information content (AvgIpc) is 3.30. The standard InChI is InChI=1S/C23H24N4O3S/c1-30-19-8-2-16(3-9-19)23-26-20(14-31-23)22(29)25-17-4-6-18(7-5-17)27-12-10-15(11-13-27)21(24)28/h2-9,14-15H,10-13H2,1H3,(H2,24,28)(H,25,29). The summed E-state index contributed by atoms with van der Waals surface area (Å²) in [6, 6.07) is 15.3. The van der Waals surface area contributed by atoms with Crippen molar-refractivity contribution >= 4 is 34.5 Å². The van der Waals surface area contributed by atoms with Gasteiger partial charge in [-0.25, -0.2) is 4.98 Å². The lowest BCUT2D eigenvalue weighted by Crippen LogP contribution is -2.38. The molecule has 31 heavy (non-hydrogen) atoms. The van der Waals surface area contributed by atoms with E-state index in [1.165, 1.54) is 11.3 Å². The summed E-state index contributed by atoms with van der Waals surface area (Å²) in [5, 5.41) is 5.44. The van der Waals surface area contributed by atoms with E-state index in [1.807, 2.05) is 48.5 Å². The number of benzene rings is 2.